The van der Waals surface area contributed by atoms with Gasteiger partial charge in [0.2, 0.25) is 0 Å². The first-order valence-corrected chi connectivity index (χ1v) is 13.8. The van der Waals surface area contributed by atoms with E-state index in [-0.39, 0.29) is 42.0 Å². The first-order valence-electron chi connectivity index (χ1n) is 12.6. The zero-order valence-corrected chi connectivity index (χ0v) is 23.0. The average molecular weight is 588 g/mol. The molecule has 5 rings (SSSR count). The zero-order valence-electron chi connectivity index (χ0n) is 21.4. The van der Waals surface area contributed by atoms with Crippen molar-refractivity contribution >= 4 is 52.5 Å². The second kappa shape index (κ2) is 11.9. The monoisotopic (exact) mass is 587 g/mol. The standard InChI is InChI=1S/C31H22ClNO7S/c32-22-9-7-19(8-10-22)18-3-5-20(6-4-18)26(34)16-21(30(37)38)13-14-33-28(35)24-12-11-23(17-25(24)29(33)36)40-31(39)27-2-1-15-41-27/h1-12,15,17,21H,13-14,16H2,(H,37,38). The van der Waals surface area contributed by atoms with Gasteiger partial charge in [-0.05, 0) is 59.3 Å². The molecule has 41 heavy (non-hydrogen) atoms. The Morgan fingerprint density at radius 3 is 2.17 bits per heavy atom. The van der Waals surface area contributed by atoms with E-state index >= 15 is 0 Å². The Hall–Kier alpha value is -4.60. The third kappa shape index (κ3) is 6.11. The number of carboxylic acids is 1. The minimum absolute atomic E-state index is 0.0650. The van der Waals surface area contributed by atoms with Crippen LogP contribution in [0.4, 0.5) is 0 Å². The molecule has 1 aromatic heterocycles. The summed E-state index contributed by atoms with van der Waals surface area (Å²) in [5.74, 6) is -4.33. The molecule has 2 heterocycles. The number of thiophene rings is 1. The molecular formula is C31H22ClNO7S. The normalized spacial score (nSPS) is 13.1. The quantitative estimate of drug-likeness (QED) is 0.101. The van der Waals surface area contributed by atoms with Gasteiger partial charge in [-0.2, -0.15) is 0 Å². The van der Waals surface area contributed by atoms with E-state index in [2.05, 4.69) is 0 Å². The van der Waals surface area contributed by atoms with E-state index in [1.54, 1.807) is 53.9 Å². The number of rotatable bonds is 10. The highest BCUT2D eigenvalue weighted by Gasteiger charge is 2.37. The van der Waals surface area contributed by atoms with Crippen LogP contribution in [0, 0.1) is 5.92 Å². The molecule has 206 valence electrons. The van der Waals surface area contributed by atoms with Crippen LogP contribution in [0.3, 0.4) is 0 Å². The molecule has 1 N–H and O–H groups in total. The van der Waals surface area contributed by atoms with Crippen molar-refractivity contribution in [1.82, 2.24) is 4.90 Å². The van der Waals surface area contributed by atoms with Gasteiger partial charge in [-0.1, -0.05) is 54.1 Å². The van der Waals surface area contributed by atoms with E-state index in [4.69, 9.17) is 16.3 Å². The summed E-state index contributed by atoms with van der Waals surface area (Å²) in [5, 5.41) is 12.1. The second-order valence-electron chi connectivity index (χ2n) is 9.37. The Morgan fingerprint density at radius 2 is 1.54 bits per heavy atom. The Morgan fingerprint density at radius 1 is 0.878 bits per heavy atom. The number of benzene rings is 3. The molecule has 0 spiro atoms. The smallest absolute Gasteiger partial charge is 0.353 e. The van der Waals surface area contributed by atoms with Gasteiger partial charge in [0.15, 0.2) is 5.78 Å². The van der Waals surface area contributed by atoms with E-state index in [1.807, 2.05) is 12.1 Å². The summed E-state index contributed by atoms with van der Waals surface area (Å²) in [4.78, 5) is 64.4. The molecular weight excluding hydrogens is 566 g/mol. The first kappa shape index (κ1) is 27.9. The van der Waals surface area contributed by atoms with Gasteiger partial charge in [0, 0.05) is 23.6 Å². The summed E-state index contributed by atoms with van der Waals surface area (Å²) in [6.45, 7) is -0.184. The fourth-order valence-corrected chi connectivity index (χ4v) is 5.24. The molecule has 0 fully saturated rings. The van der Waals surface area contributed by atoms with Gasteiger partial charge < -0.3 is 9.84 Å². The summed E-state index contributed by atoms with van der Waals surface area (Å²) in [6, 6.07) is 21.5. The number of Topliss-reactive ketones (excluding diaryl/α,β-unsaturated/α-hetero) is 1. The van der Waals surface area contributed by atoms with Crippen LogP contribution >= 0.6 is 22.9 Å². The third-order valence-corrected chi connectivity index (χ3v) is 7.84. The van der Waals surface area contributed by atoms with Crippen molar-refractivity contribution in [1.29, 1.82) is 0 Å². The molecule has 0 saturated heterocycles. The number of halogens is 1. The van der Waals surface area contributed by atoms with Crippen LogP contribution in [0.1, 0.15) is 53.6 Å². The fourth-order valence-electron chi connectivity index (χ4n) is 4.52. The van der Waals surface area contributed by atoms with Gasteiger partial charge in [0.05, 0.1) is 17.0 Å². The van der Waals surface area contributed by atoms with Crippen LogP contribution < -0.4 is 4.74 Å². The van der Waals surface area contributed by atoms with E-state index in [0.29, 0.717) is 15.5 Å². The van der Waals surface area contributed by atoms with Crippen LogP contribution in [-0.2, 0) is 4.79 Å². The average Bonchev–Trinajstić information content (AvgIpc) is 3.59. The van der Waals surface area contributed by atoms with Crippen LogP contribution in [0.5, 0.6) is 5.75 Å². The first-order chi connectivity index (χ1) is 19.7. The van der Waals surface area contributed by atoms with Crippen molar-refractivity contribution in [3.63, 3.8) is 0 Å². The van der Waals surface area contributed by atoms with Gasteiger partial charge in [-0.25, -0.2) is 4.79 Å². The number of carbonyl (C=O) groups is 5. The lowest BCUT2D eigenvalue weighted by molar-refractivity contribution is -0.142. The summed E-state index contributed by atoms with van der Waals surface area (Å²) in [7, 11) is 0. The fraction of sp³-hybridized carbons (Fsp3) is 0.129. The predicted octanol–water partition coefficient (Wildman–Crippen LogP) is 6.25. The molecule has 0 saturated carbocycles. The number of fused-ring (bicyclic) bond motifs is 1. The van der Waals surface area contributed by atoms with E-state index < -0.39 is 29.7 Å². The maximum Gasteiger partial charge on any atom is 0.353 e. The molecule has 8 nitrogen and oxygen atoms in total. The Bertz CT molecular complexity index is 1650. The lowest BCUT2D eigenvalue weighted by Gasteiger charge is -2.17. The van der Waals surface area contributed by atoms with Gasteiger partial charge in [0.25, 0.3) is 11.8 Å². The molecule has 1 aliphatic heterocycles. The molecule has 1 aliphatic rings. The van der Waals surface area contributed by atoms with Crippen LogP contribution in [-0.4, -0.2) is 46.1 Å². The number of aliphatic carboxylic acids is 1. The second-order valence-corrected chi connectivity index (χ2v) is 10.8. The highest BCUT2D eigenvalue weighted by Crippen LogP contribution is 2.29. The summed E-state index contributed by atoms with van der Waals surface area (Å²) in [6.07, 6.45) is -0.392. The molecule has 3 aromatic carbocycles. The maximum atomic E-state index is 13.0. The molecule has 1 unspecified atom stereocenters. The van der Waals surface area contributed by atoms with E-state index in [9.17, 15) is 29.1 Å². The highest BCUT2D eigenvalue weighted by molar-refractivity contribution is 7.12. The molecule has 4 aromatic rings. The summed E-state index contributed by atoms with van der Waals surface area (Å²) < 4.78 is 5.32. The van der Waals surface area contributed by atoms with E-state index in [0.717, 1.165) is 16.0 Å². The van der Waals surface area contributed by atoms with Gasteiger partial charge in [0.1, 0.15) is 10.6 Å². The minimum Gasteiger partial charge on any atom is -0.481 e. The Labute approximate surface area is 243 Å². The predicted molar refractivity (Wildman–Crippen MR) is 153 cm³/mol. The lowest BCUT2D eigenvalue weighted by Crippen LogP contribution is -2.33. The van der Waals surface area contributed by atoms with Crippen molar-refractivity contribution in [3.05, 3.63) is 111 Å². The number of ketones is 1. The number of nitrogens with zero attached hydrogens (tertiary/aromatic N) is 1. The SMILES string of the molecule is O=C(CC(CCN1C(=O)c2ccc(OC(=O)c3cccs3)cc2C1=O)C(=O)O)c1ccc(-c2ccc(Cl)cc2)cc1. The van der Waals surface area contributed by atoms with Crippen molar-refractivity contribution in [2.75, 3.05) is 6.54 Å². The number of ether oxygens (including phenoxy) is 1. The number of carbonyl (C=O) groups excluding carboxylic acids is 4. The van der Waals surface area contributed by atoms with Crippen LogP contribution in [0.25, 0.3) is 11.1 Å². The van der Waals surface area contributed by atoms with Gasteiger partial charge in [-0.3, -0.25) is 24.1 Å². The number of imide groups is 1. The molecule has 2 amide bonds. The lowest BCUT2D eigenvalue weighted by atomic mass is 9.94. The van der Waals surface area contributed by atoms with Gasteiger partial charge >= 0.3 is 11.9 Å². The number of hydrogen-bond acceptors (Lipinski definition) is 7. The number of carboxylic acid groups (broad SMARTS) is 1. The van der Waals surface area contributed by atoms with Crippen molar-refractivity contribution < 1.29 is 33.8 Å². The number of esters is 1. The molecule has 10 heteroatoms. The zero-order chi connectivity index (χ0) is 29.1. The number of hydrogen-bond donors (Lipinski definition) is 1. The van der Waals surface area contributed by atoms with Crippen LogP contribution in [0.2, 0.25) is 5.02 Å². The Kier molecular flexibility index (Phi) is 8.09. The maximum absolute atomic E-state index is 13.0. The van der Waals surface area contributed by atoms with E-state index in [1.165, 1.54) is 29.5 Å². The van der Waals surface area contributed by atoms with Crippen LogP contribution in [0.15, 0.2) is 84.2 Å². The largest absolute Gasteiger partial charge is 0.481 e. The van der Waals surface area contributed by atoms with Crippen molar-refractivity contribution in [2.45, 2.75) is 12.8 Å². The molecule has 0 radical (unpaired) electrons. The molecule has 0 bridgehead atoms. The highest BCUT2D eigenvalue weighted by atomic mass is 35.5. The van der Waals surface area contributed by atoms with Crippen molar-refractivity contribution in [2.24, 2.45) is 5.92 Å². The molecule has 1 atom stereocenters. The van der Waals surface area contributed by atoms with Crippen molar-refractivity contribution in [3.8, 4) is 16.9 Å². The minimum atomic E-state index is -1.20. The van der Waals surface area contributed by atoms with Gasteiger partial charge in [-0.15, -0.1) is 11.3 Å². The topological polar surface area (TPSA) is 118 Å². The summed E-state index contributed by atoms with van der Waals surface area (Å²) in [5.41, 5.74) is 2.36. The third-order valence-electron chi connectivity index (χ3n) is 6.74. The number of amides is 2. The summed E-state index contributed by atoms with van der Waals surface area (Å²) >= 11 is 7.15. The Balaban J connectivity index is 1.22. The molecule has 0 aliphatic carbocycles.